The van der Waals surface area contributed by atoms with Crippen LogP contribution in [-0.4, -0.2) is 39.6 Å². The molecule has 0 aliphatic heterocycles. The van der Waals surface area contributed by atoms with Crippen molar-refractivity contribution in [2.24, 2.45) is 0 Å². The van der Waals surface area contributed by atoms with Gasteiger partial charge in [-0.2, -0.15) is 5.10 Å². The Morgan fingerprint density at radius 1 is 1.13 bits per heavy atom. The minimum Gasteiger partial charge on any atom is -0.356 e. The fraction of sp³-hybridized carbons (Fsp3) is 0.333. The molecule has 0 spiro atoms. The lowest BCUT2D eigenvalue weighted by Gasteiger charge is -2.15. The molecule has 0 bridgehead atoms. The number of fused-ring (bicyclic) bond motifs is 1. The van der Waals surface area contributed by atoms with Crippen molar-refractivity contribution in [2.45, 2.75) is 53.9 Å². The average Bonchev–Trinajstić information content (AvgIpc) is 3.34. The Kier molecular flexibility index (Phi) is 12.6. The smallest absolute Gasteiger partial charge is 0.102 e. The second kappa shape index (κ2) is 15.6. The van der Waals surface area contributed by atoms with Gasteiger partial charge in [0.05, 0.1) is 11.7 Å². The van der Waals surface area contributed by atoms with E-state index in [4.69, 9.17) is 0 Å². The summed E-state index contributed by atoms with van der Waals surface area (Å²) < 4.78 is 15.7. The minimum atomic E-state index is -0.189. The monoisotopic (exact) mass is 529 g/mol. The van der Waals surface area contributed by atoms with Gasteiger partial charge in [0.1, 0.15) is 5.83 Å². The molecule has 0 aromatic carbocycles. The predicted molar refractivity (Wildman–Crippen MR) is 165 cm³/mol. The number of allylic oxidation sites excluding steroid dienone is 4. The van der Waals surface area contributed by atoms with E-state index in [0.29, 0.717) is 17.8 Å². The lowest BCUT2D eigenvalue weighted by Crippen LogP contribution is -2.21. The lowest BCUT2D eigenvalue weighted by molar-refractivity contribution is 0.339. The molecule has 0 fully saturated rings. The van der Waals surface area contributed by atoms with Crippen molar-refractivity contribution in [1.29, 1.82) is 0 Å². The molecular formula is C33H44FN5. The van der Waals surface area contributed by atoms with E-state index < -0.39 is 0 Å². The molecule has 3 rings (SSSR count). The van der Waals surface area contributed by atoms with Crippen LogP contribution in [0.15, 0.2) is 86.3 Å². The normalized spacial score (nSPS) is 11.8. The van der Waals surface area contributed by atoms with Crippen LogP contribution in [0.4, 0.5) is 4.39 Å². The second-order valence-electron chi connectivity index (χ2n) is 9.50. The number of aryl methyl sites for hydroxylation is 1. The van der Waals surface area contributed by atoms with E-state index in [0.717, 1.165) is 59.4 Å². The molecule has 0 saturated carbocycles. The third-order valence-corrected chi connectivity index (χ3v) is 6.33. The first-order valence-corrected chi connectivity index (χ1v) is 13.6. The minimum absolute atomic E-state index is 0.189. The summed E-state index contributed by atoms with van der Waals surface area (Å²) in [5, 5.41) is 7.73. The van der Waals surface area contributed by atoms with Gasteiger partial charge in [-0.1, -0.05) is 39.2 Å². The van der Waals surface area contributed by atoms with Gasteiger partial charge in [0, 0.05) is 47.2 Å². The summed E-state index contributed by atoms with van der Waals surface area (Å²) in [6.07, 6.45) is 13.2. The molecule has 0 amide bonds. The highest BCUT2D eigenvalue weighted by Gasteiger charge is 2.13. The molecule has 1 N–H and O–H groups in total. The molecule has 3 heterocycles. The molecule has 0 atom stereocenters. The van der Waals surface area contributed by atoms with Crippen LogP contribution in [0.1, 0.15) is 68.5 Å². The predicted octanol–water partition coefficient (Wildman–Crippen LogP) is 7.90. The van der Waals surface area contributed by atoms with Crippen LogP contribution >= 0.6 is 0 Å². The van der Waals surface area contributed by atoms with Crippen molar-refractivity contribution in [2.75, 3.05) is 20.1 Å². The molecule has 0 aliphatic rings. The van der Waals surface area contributed by atoms with Crippen LogP contribution < -0.4 is 5.32 Å². The molecular weight excluding hydrogens is 485 g/mol. The topological polar surface area (TPSA) is 45.5 Å². The van der Waals surface area contributed by atoms with E-state index in [-0.39, 0.29) is 5.83 Å². The molecule has 3 aromatic heterocycles. The number of pyridine rings is 2. The van der Waals surface area contributed by atoms with Crippen LogP contribution in [0.5, 0.6) is 0 Å². The van der Waals surface area contributed by atoms with Gasteiger partial charge in [0.15, 0.2) is 0 Å². The fourth-order valence-corrected chi connectivity index (χ4v) is 4.08. The van der Waals surface area contributed by atoms with E-state index in [1.165, 1.54) is 11.6 Å². The van der Waals surface area contributed by atoms with Gasteiger partial charge >= 0.3 is 0 Å². The van der Waals surface area contributed by atoms with Gasteiger partial charge in [-0.05, 0) is 94.6 Å². The van der Waals surface area contributed by atoms with Gasteiger partial charge in [0.2, 0.25) is 0 Å². The molecule has 0 aliphatic carbocycles. The number of halogens is 1. The maximum absolute atomic E-state index is 13.8. The summed E-state index contributed by atoms with van der Waals surface area (Å²) in [5.74, 6) is -0.189. The van der Waals surface area contributed by atoms with Crippen LogP contribution in [0.2, 0.25) is 0 Å². The SMILES string of the molecule is C=C(NC(/C=C(/F)CC)=C/C)c1cnc(C)c(C(=C)c2ccn3ncc(CCN(C)CCC)c3c2)c1.C=CC. The van der Waals surface area contributed by atoms with E-state index >= 15 is 0 Å². The van der Waals surface area contributed by atoms with E-state index in [9.17, 15) is 4.39 Å². The largest absolute Gasteiger partial charge is 0.356 e. The Hall–Kier alpha value is -3.77. The third kappa shape index (κ3) is 8.89. The third-order valence-electron chi connectivity index (χ3n) is 6.33. The van der Waals surface area contributed by atoms with Crippen molar-refractivity contribution in [1.82, 2.24) is 24.8 Å². The molecule has 0 radical (unpaired) electrons. The molecule has 39 heavy (non-hydrogen) atoms. The fourth-order valence-electron chi connectivity index (χ4n) is 4.08. The molecule has 6 heteroatoms. The highest BCUT2D eigenvalue weighted by molar-refractivity contribution is 5.82. The van der Waals surface area contributed by atoms with Crippen LogP contribution in [0.3, 0.4) is 0 Å². The van der Waals surface area contributed by atoms with Gasteiger partial charge in [0.25, 0.3) is 0 Å². The quantitative estimate of drug-likeness (QED) is 0.191. The Balaban J connectivity index is 0.00000170. The van der Waals surface area contributed by atoms with Crippen molar-refractivity contribution >= 4 is 16.8 Å². The summed E-state index contributed by atoms with van der Waals surface area (Å²) in [6.45, 7) is 23.7. The van der Waals surface area contributed by atoms with Gasteiger partial charge in [-0.25, -0.2) is 8.91 Å². The van der Waals surface area contributed by atoms with Crippen LogP contribution in [0.25, 0.3) is 16.8 Å². The van der Waals surface area contributed by atoms with Crippen LogP contribution in [-0.2, 0) is 6.42 Å². The first kappa shape index (κ1) is 31.4. The first-order chi connectivity index (χ1) is 18.7. The van der Waals surface area contributed by atoms with E-state index in [2.05, 4.69) is 60.1 Å². The highest BCUT2D eigenvalue weighted by Crippen LogP contribution is 2.28. The van der Waals surface area contributed by atoms with Gasteiger partial charge < -0.3 is 10.2 Å². The molecule has 5 nitrogen and oxygen atoms in total. The van der Waals surface area contributed by atoms with Crippen molar-refractivity contribution in [3.8, 4) is 0 Å². The Labute approximate surface area is 234 Å². The molecule has 0 saturated heterocycles. The molecule has 208 valence electrons. The zero-order chi connectivity index (χ0) is 28.9. The highest BCUT2D eigenvalue weighted by atomic mass is 19.1. The Morgan fingerprint density at radius 3 is 2.49 bits per heavy atom. The maximum Gasteiger partial charge on any atom is 0.102 e. The van der Waals surface area contributed by atoms with Crippen molar-refractivity contribution < 1.29 is 4.39 Å². The number of rotatable bonds is 12. The lowest BCUT2D eigenvalue weighted by atomic mass is 9.96. The first-order valence-electron chi connectivity index (χ1n) is 13.6. The summed E-state index contributed by atoms with van der Waals surface area (Å²) in [7, 11) is 2.16. The zero-order valence-electron chi connectivity index (χ0n) is 24.5. The molecule has 0 unspecified atom stereocenters. The standard InChI is InChI=1S/C30H38FN5.C3H6/c1-8-13-35(7)14-11-25-20-33-36-15-12-24(17-30(25)36)21(4)29-16-26(19-32-23(29)6)22(5)34-28(10-3)18-27(31)9-2;1-3-2/h10,12,15-20,34H,4-5,8-9,11,13-14H2,1-3,6-7H3;3H,1H2,2H3/b27-18+,28-10+;. The number of nitrogens with zero attached hydrogens (tertiary/aromatic N) is 4. The molecule has 3 aromatic rings. The summed E-state index contributed by atoms with van der Waals surface area (Å²) in [5.41, 5.74) is 8.18. The number of likely N-dealkylation sites (N-methyl/N-ethyl adjacent to an activating group) is 1. The number of nitrogens with one attached hydrogen (secondary N) is 1. The van der Waals surface area contributed by atoms with Crippen molar-refractivity contribution in [3.63, 3.8) is 0 Å². The van der Waals surface area contributed by atoms with Crippen LogP contribution in [0, 0.1) is 6.92 Å². The maximum atomic E-state index is 13.8. The summed E-state index contributed by atoms with van der Waals surface area (Å²) >= 11 is 0. The number of aromatic nitrogens is 3. The van der Waals surface area contributed by atoms with Gasteiger partial charge in [-0.15, -0.1) is 6.58 Å². The van der Waals surface area contributed by atoms with E-state index in [1.54, 1.807) is 19.2 Å². The Morgan fingerprint density at radius 2 is 1.85 bits per heavy atom. The second-order valence-corrected chi connectivity index (χ2v) is 9.50. The summed E-state index contributed by atoms with van der Waals surface area (Å²) in [4.78, 5) is 6.95. The number of hydrogen-bond acceptors (Lipinski definition) is 4. The summed E-state index contributed by atoms with van der Waals surface area (Å²) in [6, 6.07) is 6.22. The number of hydrogen-bond donors (Lipinski definition) is 1. The zero-order valence-corrected chi connectivity index (χ0v) is 24.5. The van der Waals surface area contributed by atoms with E-state index in [1.807, 2.05) is 55.9 Å². The van der Waals surface area contributed by atoms with Crippen molar-refractivity contribution in [3.05, 3.63) is 114 Å². The van der Waals surface area contributed by atoms with Gasteiger partial charge in [-0.3, -0.25) is 4.98 Å². The average molecular weight is 530 g/mol. The Bertz CT molecular complexity index is 1350.